The minimum Gasteiger partial charge on any atom is -0.489 e. The topological polar surface area (TPSA) is 174 Å². The van der Waals surface area contributed by atoms with Gasteiger partial charge in [-0.2, -0.15) is 0 Å². The van der Waals surface area contributed by atoms with Gasteiger partial charge in [0.25, 0.3) is 5.91 Å². The largest absolute Gasteiger partial charge is 0.489 e. The molecule has 0 saturated heterocycles. The standard InChI is InChI=1S/C19H20N2O3.C19H21NO4.C18H19NO4.3H2/c1-13-9-10-14(2)17(11-13)24-12-15-7-5-6-8-16(15)18(21-23-4)19(22)20-3;1-13-9-10-14(2)17(11-13)24-12-15-7-5-6-8-16(15)18(20-23-4)19(21)22-3;1-13-8-4-7-11-16(13)23-12-14-9-5-6-10-15(14)17(19-22-3)18(20)21-2;;;/h5-11H,3,12H2,1-2,4H3;5-11H,12H2,1-4H3;4-11H,12H2,1-3H3;3*1H/b21-18+;20-18+;19-17+;;;. The van der Waals surface area contributed by atoms with Gasteiger partial charge in [0.1, 0.15) is 58.4 Å². The Balaban J connectivity index is 0.000000544. The van der Waals surface area contributed by atoms with Crippen molar-refractivity contribution in [2.45, 2.75) is 54.4 Å². The molecular formula is C56H66N4O11. The van der Waals surface area contributed by atoms with Crippen LogP contribution in [0.25, 0.3) is 0 Å². The van der Waals surface area contributed by atoms with Crippen LogP contribution in [0.1, 0.15) is 65.5 Å². The maximum atomic E-state index is 12.0. The lowest BCUT2D eigenvalue weighted by molar-refractivity contribution is -0.133. The smallest absolute Gasteiger partial charge is 0.360 e. The average molecular weight is 971 g/mol. The van der Waals surface area contributed by atoms with E-state index in [4.69, 9.17) is 38.2 Å². The molecule has 15 heteroatoms. The molecule has 0 aliphatic rings. The third kappa shape index (κ3) is 16.3. The molecule has 0 heterocycles. The van der Waals surface area contributed by atoms with Gasteiger partial charge in [0.2, 0.25) is 0 Å². The normalized spacial score (nSPS) is 11.0. The highest BCUT2D eigenvalue weighted by atomic mass is 16.6. The van der Waals surface area contributed by atoms with E-state index in [1.807, 2.05) is 150 Å². The number of hydrogen-bond donors (Lipinski definition) is 0. The summed E-state index contributed by atoms with van der Waals surface area (Å²) in [6, 6.07) is 41.9. The highest BCUT2D eigenvalue weighted by molar-refractivity contribution is 6.46. The Labute approximate surface area is 419 Å². The third-order valence-corrected chi connectivity index (χ3v) is 10.4. The van der Waals surface area contributed by atoms with Crippen LogP contribution in [0.2, 0.25) is 0 Å². The van der Waals surface area contributed by atoms with Crippen LogP contribution >= 0.6 is 0 Å². The van der Waals surface area contributed by atoms with Crippen LogP contribution in [0.3, 0.4) is 0 Å². The van der Waals surface area contributed by atoms with Gasteiger partial charge >= 0.3 is 11.9 Å². The van der Waals surface area contributed by atoms with E-state index in [0.717, 1.165) is 61.8 Å². The van der Waals surface area contributed by atoms with Crippen LogP contribution in [0.4, 0.5) is 0 Å². The van der Waals surface area contributed by atoms with Gasteiger partial charge in [-0.05, 0) is 104 Å². The number of carbonyl (C=O) groups excluding carboxylic acids is 3. The highest BCUT2D eigenvalue weighted by Crippen LogP contribution is 2.24. The van der Waals surface area contributed by atoms with Gasteiger partial charge < -0.3 is 38.2 Å². The van der Waals surface area contributed by atoms with Crippen molar-refractivity contribution >= 4 is 41.7 Å². The molecule has 0 spiro atoms. The number of nitrogens with zero attached hydrogens (tertiary/aromatic N) is 4. The molecule has 6 rings (SSSR count). The summed E-state index contributed by atoms with van der Waals surface area (Å²) in [5.74, 6) is 0.754. The highest BCUT2D eigenvalue weighted by Gasteiger charge is 2.21. The van der Waals surface area contributed by atoms with E-state index >= 15 is 0 Å². The van der Waals surface area contributed by atoms with Gasteiger partial charge in [0.05, 0.1) is 14.2 Å². The molecule has 0 fully saturated rings. The molecule has 0 saturated carbocycles. The van der Waals surface area contributed by atoms with E-state index < -0.39 is 17.8 Å². The number of ether oxygens (including phenoxy) is 5. The first-order valence-electron chi connectivity index (χ1n) is 22.1. The van der Waals surface area contributed by atoms with Crippen molar-refractivity contribution < 1.29 is 56.9 Å². The van der Waals surface area contributed by atoms with E-state index in [-0.39, 0.29) is 21.4 Å². The number of esters is 2. The number of aliphatic imine (C=N–C) groups is 1. The quantitative estimate of drug-likeness (QED) is 0.0455. The molecule has 0 aliphatic heterocycles. The first kappa shape index (κ1) is 55.0. The Morgan fingerprint density at radius 3 is 1.15 bits per heavy atom. The molecule has 376 valence electrons. The van der Waals surface area contributed by atoms with Crippen molar-refractivity contribution in [3.8, 4) is 17.2 Å². The maximum Gasteiger partial charge on any atom is 0.360 e. The van der Waals surface area contributed by atoms with E-state index in [1.165, 1.54) is 35.5 Å². The fourth-order valence-corrected chi connectivity index (χ4v) is 6.68. The first-order chi connectivity index (χ1) is 34.3. The van der Waals surface area contributed by atoms with Gasteiger partial charge in [0, 0.05) is 21.0 Å². The number of methoxy groups -OCH3 is 2. The van der Waals surface area contributed by atoms with Crippen LogP contribution in [-0.4, -0.2) is 77.2 Å². The molecule has 0 atom stereocenters. The van der Waals surface area contributed by atoms with E-state index in [9.17, 15) is 14.4 Å². The molecule has 0 bridgehead atoms. The van der Waals surface area contributed by atoms with Crippen molar-refractivity contribution in [3.05, 3.63) is 195 Å². The predicted octanol–water partition coefficient (Wildman–Crippen LogP) is 10.7. The summed E-state index contributed by atoms with van der Waals surface area (Å²) in [5, 5.41) is 11.4. The second-order valence-corrected chi connectivity index (χ2v) is 15.5. The fraction of sp³-hybridized carbons (Fsp3) is 0.232. The average Bonchev–Trinajstić information content (AvgIpc) is 3.39. The Bertz CT molecular complexity index is 2870. The van der Waals surface area contributed by atoms with Crippen molar-refractivity contribution in [2.24, 2.45) is 20.5 Å². The molecule has 0 radical (unpaired) electrons. The zero-order chi connectivity index (χ0) is 51.7. The lowest BCUT2D eigenvalue weighted by Crippen LogP contribution is -2.19. The van der Waals surface area contributed by atoms with Gasteiger partial charge in [-0.25, -0.2) is 14.6 Å². The molecule has 0 unspecified atom stereocenters. The Morgan fingerprint density at radius 1 is 0.437 bits per heavy atom. The molecule has 0 aromatic heterocycles. The summed E-state index contributed by atoms with van der Waals surface area (Å²) in [6.07, 6.45) is 0. The van der Waals surface area contributed by atoms with Crippen LogP contribution in [0.15, 0.2) is 154 Å². The van der Waals surface area contributed by atoms with Crippen LogP contribution in [0.5, 0.6) is 17.2 Å². The summed E-state index contributed by atoms with van der Waals surface area (Å²) >= 11 is 0. The van der Waals surface area contributed by atoms with Crippen molar-refractivity contribution in [1.82, 2.24) is 0 Å². The second-order valence-electron chi connectivity index (χ2n) is 15.5. The molecule has 71 heavy (non-hydrogen) atoms. The van der Waals surface area contributed by atoms with Crippen LogP contribution in [-0.2, 0) is 58.2 Å². The van der Waals surface area contributed by atoms with Gasteiger partial charge in [0.15, 0.2) is 17.1 Å². The van der Waals surface area contributed by atoms with Crippen LogP contribution in [0, 0.1) is 34.6 Å². The maximum absolute atomic E-state index is 12.0. The number of rotatable bonds is 18. The minimum atomic E-state index is -0.560. The lowest BCUT2D eigenvalue weighted by Gasteiger charge is -2.13. The molecule has 0 aliphatic carbocycles. The summed E-state index contributed by atoms with van der Waals surface area (Å²) in [4.78, 5) is 53.6. The molecule has 15 nitrogen and oxygen atoms in total. The van der Waals surface area contributed by atoms with Gasteiger partial charge in [-0.15, -0.1) is 0 Å². The predicted molar refractivity (Wildman–Crippen MR) is 281 cm³/mol. The minimum absolute atomic E-state index is 0. The number of aryl methyl sites for hydroxylation is 5. The van der Waals surface area contributed by atoms with Crippen LogP contribution < -0.4 is 14.2 Å². The number of oxime groups is 3. The van der Waals surface area contributed by atoms with E-state index in [2.05, 4.69) is 27.2 Å². The lowest BCUT2D eigenvalue weighted by atomic mass is 10.0. The van der Waals surface area contributed by atoms with Crippen molar-refractivity contribution in [2.75, 3.05) is 35.5 Å². The van der Waals surface area contributed by atoms with Gasteiger partial charge in [-0.1, -0.05) is 131 Å². The van der Waals surface area contributed by atoms with Gasteiger partial charge in [-0.3, -0.25) is 4.79 Å². The van der Waals surface area contributed by atoms with E-state index in [0.29, 0.717) is 36.5 Å². The number of para-hydroxylation sites is 1. The van der Waals surface area contributed by atoms with Crippen molar-refractivity contribution in [1.29, 1.82) is 0 Å². The fourth-order valence-electron chi connectivity index (χ4n) is 6.68. The zero-order valence-electron chi connectivity index (χ0n) is 41.8. The first-order valence-corrected chi connectivity index (χ1v) is 22.1. The molecule has 1 amide bonds. The Morgan fingerprint density at radius 2 is 0.775 bits per heavy atom. The third-order valence-electron chi connectivity index (χ3n) is 10.4. The second kappa shape index (κ2) is 28.7. The summed E-state index contributed by atoms with van der Waals surface area (Å²) < 4.78 is 27.3. The Hall–Kier alpha value is -8.59. The summed E-state index contributed by atoms with van der Waals surface area (Å²) in [5.41, 5.74) is 10.0. The van der Waals surface area contributed by atoms with E-state index in [1.54, 1.807) is 18.2 Å². The number of carbonyl (C=O) groups is 3. The van der Waals surface area contributed by atoms with Crippen molar-refractivity contribution in [3.63, 3.8) is 0 Å². The summed E-state index contributed by atoms with van der Waals surface area (Å²) in [7, 11) is 6.77. The Kier molecular flexibility index (Phi) is 22.2. The molecule has 6 aromatic rings. The number of amides is 1. The SMILES string of the molecule is C=NC(=O)/C(=N/OC)c1ccccc1COc1cc(C)ccc1C.CO/N=C(/C(=O)OC)c1ccccc1COc1cc(C)ccc1C.CO/N=C(/C(=O)OC)c1ccccc1COc1ccccc1C.[HH].[HH].[HH]. The molecule has 6 aromatic carbocycles. The molecular weight excluding hydrogens is 905 g/mol. The molecule has 0 N–H and O–H groups in total. The number of benzene rings is 6. The monoisotopic (exact) mass is 970 g/mol. The summed E-state index contributed by atoms with van der Waals surface area (Å²) in [6.45, 7) is 14.2. The number of hydrogen-bond acceptors (Lipinski definition) is 14. The zero-order valence-corrected chi connectivity index (χ0v) is 41.8.